The molecule has 1 aliphatic rings. The maximum Gasteiger partial charge on any atom is 0.224 e. The van der Waals surface area contributed by atoms with Crippen LogP contribution < -0.4 is 10.6 Å². The molecule has 0 saturated heterocycles. The van der Waals surface area contributed by atoms with Crippen LogP contribution in [0, 0.1) is 0 Å². The van der Waals surface area contributed by atoms with Crippen molar-refractivity contribution in [3.05, 3.63) is 29.3 Å². The molecule has 1 aliphatic heterocycles. The average Bonchev–Trinajstić information content (AvgIpc) is 2.35. The van der Waals surface area contributed by atoms with Gasteiger partial charge >= 0.3 is 0 Å². The summed E-state index contributed by atoms with van der Waals surface area (Å²) in [6.45, 7) is 3.21. The van der Waals surface area contributed by atoms with Crippen LogP contribution in [0.25, 0.3) is 0 Å². The Balaban J connectivity index is 2.23. The maximum atomic E-state index is 11.3. The highest BCUT2D eigenvalue weighted by molar-refractivity contribution is 5.93. The summed E-state index contributed by atoms with van der Waals surface area (Å²) in [7, 11) is 1.99. The predicted molar refractivity (Wildman–Crippen MR) is 70.4 cm³/mol. The van der Waals surface area contributed by atoms with E-state index in [4.69, 9.17) is 0 Å². The van der Waals surface area contributed by atoms with E-state index in [0.717, 1.165) is 25.1 Å². The van der Waals surface area contributed by atoms with Gasteiger partial charge in [0.1, 0.15) is 0 Å². The number of anilines is 1. The molecule has 3 heteroatoms. The van der Waals surface area contributed by atoms with E-state index in [1.807, 2.05) is 13.1 Å². The van der Waals surface area contributed by atoms with Crippen molar-refractivity contribution in [2.24, 2.45) is 0 Å². The van der Waals surface area contributed by atoms with E-state index < -0.39 is 0 Å². The highest BCUT2D eigenvalue weighted by Crippen LogP contribution is 2.27. The van der Waals surface area contributed by atoms with Crippen LogP contribution >= 0.6 is 0 Å². The van der Waals surface area contributed by atoms with Crippen LogP contribution in [0.4, 0.5) is 5.69 Å². The smallest absolute Gasteiger partial charge is 0.224 e. The zero-order chi connectivity index (χ0) is 12.3. The Morgan fingerprint density at radius 2 is 2.24 bits per heavy atom. The van der Waals surface area contributed by atoms with Gasteiger partial charge in [0.05, 0.1) is 0 Å². The second kappa shape index (κ2) is 5.32. The summed E-state index contributed by atoms with van der Waals surface area (Å²) in [6, 6.07) is 6.43. The molecule has 1 atom stereocenters. The van der Waals surface area contributed by atoms with E-state index in [9.17, 15) is 4.79 Å². The van der Waals surface area contributed by atoms with Gasteiger partial charge in [-0.15, -0.1) is 0 Å². The van der Waals surface area contributed by atoms with Crippen molar-refractivity contribution in [2.75, 3.05) is 18.9 Å². The fourth-order valence-corrected chi connectivity index (χ4v) is 2.40. The van der Waals surface area contributed by atoms with Crippen molar-refractivity contribution < 1.29 is 4.79 Å². The Hall–Kier alpha value is -1.35. The number of carbonyl (C=O) groups excluding carboxylic acids is 1. The maximum absolute atomic E-state index is 11.3. The Kier molecular flexibility index (Phi) is 3.79. The van der Waals surface area contributed by atoms with Crippen molar-refractivity contribution in [1.29, 1.82) is 0 Å². The van der Waals surface area contributed by atoms with Crippen LogP contribution in [0.2, 0.25) is 0 Å². The standard InChI is InChI=1S/C14H20N2O/c1-3-10(9-15-2)11-4-6-13-12(8-11)5-7-14(17)16-13/h4,6,8,10,15H,3,5,7,9H2,1-2H3,(H,16,17). The molecule has 3 nitrogen and oxygen atoms in total. The van der Waals surface area contributed by atoms with E-state index in [1.54, 1.807) is 0 Å². The second-order valence-corrected chi connectivity index (χ2v) is 4.63. The molecular formula is C14H20N2O. The first-order valence-corrected chi connectivity index (χ1v) is 6.32. The van der Waals surface area contributed by atoms with Gasteiger partial charge in [0.15, 0.2) is 0 Å². The number of carbonyl (C=O) groups is 1. The van der Waals surface area contributed by atoms with Crippen LogP contribution in [0.5, 0.6) is 0 Å². The van der Waals surface area contributed by atoms with Crippen molar-refractivity contribution >= 4 is 11.6 Å². The molecule has 2 rings (SSSR count). The molecule has 0 fully saturated rings. The minimum absolute atomic E-state index is 0.132. The summed E-state index contributed by atoms with van der Waals surface area (Å²) in [4.78, 5) is 11.3. The Morgan fingerprint density at radius 1 is 1.41 bits per heavy atom. The lowest BCUT2D eigenvalue weighted by Crippen LogP contribution is -2.20. The van der Waals surface area contributed by atoms with Gasteiger partial charge in [-0.3, -0.25) is 4.79 Å². The number of hydrogen-bond donors (Lipinski definition) is 2. The molecule has 1 aromatic rings. The SMILES string of the molecule is CCC(CNC)c1ccc2c(c1)CCC(=O)N2. The first-order valence-electron chi connectivity index (χ1n) is 6.32. The summed E-state index contributed by atoms with van der Waals surface area (Å²) in [6.07, 6.45) is 2.61. The molecule has 0 aromatic heterocycles. The van der Waals surface area contributed by atoms with Crippen LogP contribution in [-0.4, -0.2) is 19.5 Å². The minimum atomic E-state index is 0.132. The second-order valence-electron chi connectivity index (χ2n) is 4.63. The lowest BCUT2D eigenvalue weighted by molar-refractivity contribution is -0.116. The quantitative estimate of drug-likeness (QED) is 0.836. The third kappa shape index (κ3) is 2.67. The van der Waals surface area contributed by atoms with Crippen molar-refractivity contribution in [3.8, 4) is 0 Å². The topological polar surface area (TPSA) is 41.1 Å². The molecule has 0 aliphatic carbocycles. The summed E-state index contributed by atoms with van der Waals surface area (Å²) in [5, 5.41) is 6.16. The van der Waals surface area contributed by atoms with Gasteiger partial charge < -0.3 is 10.6 Å². The third-order valence-corrected chi connectivity index (χ3v) is 3.44. The zero-order valence-corrected chi connectivity index (χ0v) is 10.5. The van der Waals surface area contributed by atoms with Gasteiger partial charge in [-0.2, -0.15) is 0 Å². The summed E-state index contributed by atoms with van der Waals surface area (Å²) < 4.78 is 0. The van der Waals surface area contributed by atoms with E-state index in [-0.39, 0.29) is 5.91 Å². The Labute approximate surface area is 103 Å². The monoisotopic (exact) mass is 232 g/mol. The van der Waals surface area contributed by atoms with E-state index >= 15 is 0 Å². The third-order valence-electron chi connectivity index (χ3n) is 3.44. The van der Waals surface area contributed by atoms with Gasteiger partial charge in [-0.1, -0.05) is 19.1 Å². The number of hydrogen-bond acceptors (Lipinski definition) is 2. The molecule has 2 N–H and O–H groups in total. The van der Waals surface area contributed by atoms with Crippen LogP contribution in [-0.2, 0) is 11.2 Å². The Bertz CT molecular complexity index is 415. The van der Waals surface area contributed by atoms with Crippen LogP contribution in [0.1, 0.15) is 36.8 Å². The molecule has 1 aromatic carbocycles. The minimum Gasteiger partial charge on any atom is -0.326 e. The highest BCUT2D eigenvalue weighted by atomic mass is 16.1. The van der Waals surface area contributed by atoms with Crippen molar-refractivity contribution in [3.63, 3.8) is 0 Å². The number of aryl methyl sites for hydroxylation is 1. The van der Waals surface area contributed by atoms with Crippen molar-refractivity contribution in [2.45, 2.75) is 32.1 Å². The summed E-state index contributed by atoms with van der Waals surface area (Å²) >= 11 is 0. The van der Waals surface area contributed by atoms with Gasteiger partial charge in [-0.25, -0.2) is 0 Å². The van der Waals surface area contributed by atoms with Gasteiger partial charge in [0.2, 0.25) is 5.91 Å². The number of rotatable bonds is 4. The predicted octanol–water partition coefficient (Wildman–Crippen LogP) is 2.28. The number of fused-ring (bicyclic) bond motifs is 1. The highest BCUT2D eigenvalue weighted by Gasteiger charge is 2.16. The molecule has 1 heterocycles. The van der Waals surface area contributed by atoms with Gasteiger partial charge in [-0.05, 0) is 43.0 Å². The van der Waals surface area contributed by atoms with E-state index in [0.29, 0.717) is 12.3 Å². The molecule has 0 bridgehead atoms. The molecular weight excluding hydrogens is 212 g/mol. The fourth-order valence-electron chi connectivity index (χ4n) is 2.40. The normalized spacial score (nSPS) is 16.2. The first kappa shape index (κ1) is 12.1. The molecule has 0 radical (unpaired) electrons. The number of amides is 1. The molecule has 17 heavy (non-hydrogen) atoms. The lowest BCUT2D eigenvalue weighted by atomic mass is 9.92. The van der Waals surface area contributed by atoms with Gasteiger partial charge in [0, 0.05) is 18.7 Å². The van der Waals surface area contributed by atoms with Crippen molar-refractivity contribution in [1.82, 2.24) is 5.32 Å². The largest absolute Gasteiger partial charge is 0.326 e. The average molecular weight is 232 g/mol. The number of nitrogens with one attached hydrogen (secondary N) is 2. The summed E-state index contributed by atoms with van der Waals surface area (Å²) in [5.74, 6) is 0.690. The first-order chi connectivity index (χ1) is 8.24. The Morgan fingerprint density at radius 3 is 2.94 bits per heavy atom. The zero-order valence-electron chi connectivity index (χ0n) is 10.5. The summed E-state index contributed by atoms with van der Waals surface area (Å²) in [5.41, 5.74) is 3.64. The molecule has 0 spiro atoms. The fraction of sp³-hybridized carbons (Fsp3) is 0.500. The lowest BCUT2D eigenvalue weighted by Gasteiger charge is -2.21. The number of likely N-dealkylation sites (N-methyl/N-ethyl adjacent to an activating group) is 1. The molecule has 1 unspecified atom stereocenters. The molecule has 1 amide bonds. The number of benzene rings is 1. The van der Waals surface area contributed by atoms with Crippen LogP contribution in [0.3, 0.4) is 0 Å². The van der Waals surface area contributed by atoms with E-state index in [2.05, 4.69) is 29.7 Å². The van der Waals surface area contributed by atoms with Gasteiger partial charge in [0.25, 0.3) is 0 Å². The van der Waals surface area contributed by atoms with E-state index in [1.165, 1.54) is 11.1 Å². The van der Waals surface area contributed by atoms with Crippen LogP contribution in [0.15, 0.2) is 18.2 Å². The molecule has 0 saturated carbocycles. The molecule has 92 valence electrons.